The van der Waals surface area contributed by atoms with Gasteiger partial charge < -0.3 is 10.8 Å². The minimum absolute atomic E-state index is 0. The Bertz CT molecular complexity index is 2770. The van der Waals surface area contributed by atoms with Crippen LogP contribution in [0.25, 0.3) is 86.1 Å². The van der Waals surface area contributed by atoms with Crippen molar-refractivity contribution in [3.8, 4) is 63.2 Å². The number of unbranched alkanes of at least 4 members (excludes halogenated alkanes) is 10. The van der Waals surface area contributed by atoms with E-state index in [0.29, 0.717) is 0 Å². The van der Waals surface area contributed by atoms with Gasteiger partial charge in [0.2, 0.25) is 0 Å². The third-order valence-corrected chi connectivity index (χ3v) is 16.4. The summed E-state index contributed by atoms with van der Waals surface area (Å²) >= 11 is 15.1. The molecule has 8 rings (SSSR count). The van der Waals surface area contributed by atoms with E-state index in [1.165, 1.54) is 150 Å². The van der Waals surface area contributed by atoms with Gasteiger partial charge in [0.25, 0.3) is 0 Å². The molecule has 0 saturated carbocycles. The molecule has 0 aliphatic heterocycles. The van der Waals surface area contributed by atoms with Crippen LogP contribution in [0.15, 0.2) is 134 Å². The van der Waals surface area contributed by atoms with Crippen molar-refractivity contribution in [3.63, 3.8) is 0 Å². The molecule has 73 heavy (non-hydrogen) atoms. The number of thiophene rings is 4. The maximum absolute atomic E-state index is 7.13. The molecule has 0 amide bonds. The number of hydrogen-bond donors (Lipinski definition) is 0. The average Bonchev–Trinajstić information content (AvgIpc) is 4.26. The Kier molecular flexibility index (Phi) is 29.4. The Labute approximate surface area is 474 Å². The average molecular weight is 1160 g/mol. The van der Waals surface area contributed by atoms with E-state index in [2.05, 4.69) is 133 Å². The Hall–Kier alpha value is -4.90. The molecule has 6 nitrogen and oxygen atoms in total. The van der Waals surface area contributed by atoms with E-state index in [1.54, 1.807) is 0 Å². The van der Waals surface area contributed by atoms with Crippen molar-refractivity contribution in [2.75, 3.05) is 0 Å². The summed E-state index contributed by atoms with van der Waals surface area (Å²) in [5, 5.41) is 16.9. The number of thiocarbonyl (C=S) groups is 2. The van der Waals surface area contributed by atoms with Crippen LogP contribution in [0, 0.1) is 0 Å². The Morgan fingerprint density at radius 3 is 1.12 bits per heavy atom. The van der Waals surface area contributed by atoms with Gasteiger partial charge in [0.05, 0.1) is 22.8 Å². The van der Waals surface area contributed by atoms with Crippen LogP contribution in [0.2, 0.25) is 0 Å². The van der Waals surface area contributed by atoms with Gasteiger partial charge in [-0.2, -0.15) is 10.3 Å². The quantitative estimate of drug-likeness (QED) is 0.0290. The summed E-state index contributed by atoms with van der Waals surface area (Å²) < 4.78 is 0. The molecule has 8 aromatic heterocycles. The molecule has 0 N–H and O–H groups in total. The molecule has 0 aliphatic carbocycles. The van der Waals surface area contributed by atoms with Gasteiger partial charge in [-0.3, -0.25) is 19.9 Å². The van der Waals surface area contributed by atoms with Crippen LogP contribution in [0.5, 0.6) is 0 Å². The first-order valence-electron chi connectivity index (χ1n) is 24.9. The summed E-state index contributed by atoms with van der Waals surface area (Å²) in [7, 11) is 0. The molecule has 0 spiro atoms. The predicted molar refractivity (Wildman–Crippen MR) is 324 cm³/mol. The minimum atomic E-state index is 0. The molecule has 0 aromatic carbocycles. The molecule has 0 atom stereocenters. The van der Waals surface area contributed by atoms with Crippen molar-refractivity contribution >= 4 is 92.3 Å². The second-order valence-corrected chi connectivity index (χ2v) is 21.8. The van der Waals surface area contributed by atoms with Gasteiger partial charge in [0.15, 0.2) is 0 Å². The first-order chi connectivity index (χ1) is 35.4. The van der Waals surface area contributed by atoms with Gasteiger partial charge in [-0.1, -0.05) is 127 Å². The third-order valence-electron chi connectivity index (χ3n) is 11.5. The van der Waals surface area contributed by atoms with Crippen LogP contribution < -0.4 is 0 Å². The maximum atomic E-state index is 7.13. The summed E-state index contributed by atoms with van der Waals surface area (Å²) in [4.78, 5) is 29.2. The second kappa shape index (κ2) is 35.3. The topological polar surface area (TPSA) is 96.2 Å². The fourth-order valence-electron chi connectivity index (χ4n) is 7.91. The Balaban J connectivity index is 0.000000383. The van der Waals surface area contributed by atoms with Gasteiger partial charge in [-0.15, -0.1) is 45.3 Å². The number of rotatable bonds is 22. The van der Waals surface area contributed by atoms with Gasteiger partial charge in [-0.05, 0) is 159 Å². The van der Waals surface area contributed by atoms with Crippen molar-refractivity contribution in [2.24, 2.45) is 0 Å². The molecule has 0 aliphatic rings. The number of nitrogens with zero attached hydrogens (tertiary/aromatic N) is 6. The summed E-state index contributed by atoms with van der Waals surface area (Å²) in [6.07, 6.45) is 34.2. The zero-order valence-electron chi connectivity index (χ0n) is 42.2. The van der Waals surface area contributed by atoms with Crippen molar-refractivity contribution in [3.05, 3.63) is 166 Å². The summed E-state index contributed by atoms with van der Waals surface area (Å²) in [5.74, 6) is 0. The van der Waals surface area contributed by atoms with Crippen molar-refractivity contribution in [2.45, 2.75) is 118 Å². The Morgan fingerprint density at radius 1 is 0.425 bits per heavy atom. The number of aromatic nitrogens is 4. The smallest absolute Gasteiger partial charge is 0.753 e. The fourth-order valence-corrected chi connectivity index (χ4v) is 12.2. The van der Waals surface area contributed by atoms with Crippen molar-refractivity contribution in [1.82, 2.24) is 19.9 Å². The molecule has 8 heterocycles. The molecule has 0 unspecified atom stereocenters. The summed E-state index contributed by atoms with van der Waals surface area (Å²) in [6, 6.07) is 35.0. The van der Waals surface area contributed by atoms with Crippen LogP contribution in [0.1, 0.15) is 126 Å². The standard InChI is InChI=1S/C42H48N2S4.C16H16N2.2CNS.Ru/c1-3-5-7-9-11-13-15-33-17-19-39(45-33)41-23-21-37(47-41)31-25-27-43-35(29-31)36-30-32(26-28-44-36)38-22-24-42(48-38)40-20-18-34(46-40)16-14-12-10-8-6-4-2;1-3-5-13-7-9-17-15(11-13)16-12-14(6-4-2)8-10-18-16;2*2-1-3;/h17-30H,3-16H2,1-2H3;3-12H,1-2H3;;;/q;;2*-1;+2/b;5-3+,6-4+;;;. The molecule has 13 heteroatoms. The monoisotopic (exact) mass is 1160 g/mol. The van der Waals surface area contributed by atoms with E-state index < -0.39 is 0 Å². The summed E-state index contributed by atoms with van der Waals surface area (Å²) in [5.41, 5.74) is 8.29. The van der Waals surface area contributed by atoms with E-state index in [1.807, 2.05) is 120 Å². The van der Waals surface area contributed by atoms with Crippen LogP contribution in [-0.4, -0.2) is 30.3 Å². The number of pyridine rings is 4. The number of hydrogen-bond acceptors (Lipinski definition) is 10. The number of isothiocyanates is 2. The first-order valence-corrected chi connectivity index (χ1v) is 29.0. The maximum Gasteiger partial charge on any atom is 2.00 e. The molecule has 0 fully saturated rings. The van der Waals surface area contributed by atoms with E-state index >= 15 is 0 Å². The van der Waals surface area contributed by atoms with Crippen molar-refractivity contribution < 1.29 is 19.5 Å². The van der Waals surface area contributed by atoms with Crippen LogP contribution in [0.4, 0.5) is 0 Å². The third kappa shape index (κ3) is 20.7. The van der Waals surface area contributed by atoms with Gasteiger partial charge in [0.1, 0.15) is 0 Å². The molecule has 0 bridgehead atoms. The molecule has 8 aromatic rings. The van der Waals surface area contributed by atoms with Gasteiger partial charge in [-0.25, -0.2) is 0 Å². The zero-order chi connectivity index (χ0) is 51.2. The van der Waals surface area contributed by atoms with E-state index in [4.69, 9.17) is 20.8 Å². The Morgan fingerprint density at radius 2 is 0.740 bits per heavy atom. The van der Waals surface area contributed by atoms with E-state index in [-0.39, 0.29) is 19.5 Å². The van der Waals surface area contributed by atoms with Gasteiger partial charge in [0, 0.05) is 63.8 Å². The molecule has 0 radical (unpaired) electrons. The van der Waals surface area contributed by atoms with Crippen LogP contribution >= 0.6 is 69.8 Å². The second-order valence-electron chi connectivity index (χ2n) is 16.9. The first kappa shape index (κ1) is 60.7. The number of allylic oxidation sites excluding steroid dienone is 2. The fraction of sp³-hybridized carbons (Fsp3) is 0.300. The SMILES string of the molecule is C/C=C/c1ccnc(-c2cc(/C=C/C)ccn2)c1.CCCCCCCCc1ccc(-c2ccc(-c3ccnc(-c4cc(-c5ccc(-c6ccc(CCCCCCCC)s6)s5)ccn4)c3)s2)s1.[N-]=C=S.[N-]=C=S.[Ru+2]. The minimum Gasteiger partial charge on any atom is -0.753 e. The molecular formula is C60H64N6RuS6. The van der Waals surface area contributed by atoms with Crippen LogP contribution in [-0.2, 0) is 32.3 Å². The van der Waals surface area contributed by atoms with Crippen molar-refractivity contribution in [1.29, 1.82) is 0 Å². The number of aryl methyl sites for hydroxylation is 2. The normalized spacial score (nSPS) is 10.6. The van der Waals surface area contributed by atoms with Crippen LogP contribution in [0.3, 0.4) is 0 Å². The predicted octanol–water partition coefficient (Wildman–Crippen LogP) is 20.4. The molecular weight excluding hydrogens is 1100 g/mol. The molecule has 0 saturated heterocycles. The molecule has 378 valence electrons. The van der Waals surface area contributed by atoms with E-state index in [0.717, 1.165) is 33.9 Å². The largest absolute Gasteiger partial charge is 2.00 e. The van der Waals surface area contributed by atoms with Gasteiger partial charge >= 0.3 is 19.5 Å². The van der Waals surface area contributed by atoms with E-state index in [9.17, 15) is 0 Å². The zero-order valence-corrected chi connectivity index (χ0v) is 48.9. The summed E-state index contributed by atoms with van der Waals surface area (Å²) in [6.45, 7) is 8.58.